The van der Waals surface area contributed by atoms with Gasteiger partial charge in [0.15, 0.2) is 0 Å². The minimum atomic E-state index is -0.977. The minimum Gasteiger partial charge on any atom is -0.478 e. The van der Waals surface area contributed by atoms with Gasteiger partial charge in [-0.25, -0.2) is 9.78 Å². The topological polar surface area (TPSA) is 50.2 Å². The quantitative estimate of drug-likeness (QED) is 0.751. The third kappa shape index (κ3) is 2.07. The van der Waals surface area contributed by atoms with Crippen molar-refractivity contribution in [3.63, 3.8) is 0 Å². The highest BCUT2D eigenvalue weighted by molar-refractivity contribution is 7.13. The van der Waals surface area contributed by atoms with Crippen LogP contribution in [0.1, 0.15) is 15.9 Å². The van der Waals surface area contributed by atoms with Gasteiger partial charge < -0.3 is 5.11 Å². The molecule has 0 fully saturated rings. The van der Waals surface area contributed by atoms with Crippen molar-refractivity contribution in [3.8, 4) is 10.6 Å². The summed E-state index contributed by atoms with van der Waals surface area (Å²) in [6, 6.07) is 8.77. The lowest BCUT2D eigenvalue weighted by atomic mass is 10.1. The molecule has 0 radical (unpaired) electrons. The van der Waals surface area contributed by atoms with E-state index in [4.69, 9.17) is 11.6 Å². The van der Waals surface area contributed by atoms with Crippen LogP contribution < -0.4 is 0 Å². The van der Waals surface area contributed by atoms with Crippen LogP contribution >= 0.6 is 22.9 Å². The van der Waals surface area contributed by atoms with Crippen LogP contribution in [0.25, 0.3) is 21.5 Å². The summed E-state index contributed by atoms with van der Waals surface area (Å²) in [7, 11) is 0. The van der Waals surface area contributed by atoms with E-state index >= 15 is 0 Å². The Morgan fingerprint density at radius 2 is 2.15 bits per heavy atom. The summed E-state index contributed by atoms with van der Waals surface area (Å²) in [4.78, 5) is 17.0. The number of carboxylic acids is 1. The van der Waals surface area contributed by atoms with E-state index in [-0.39, 0.29) is 5.56 Å². The number of fused-ring (bicyclic) bond motifs is 1. The van der Waals surface area contributed by atoms with Gasteiger partial charge in [0.1, 0.15) is 0 Å². The summed E-state index contributed by atoms with van der Waals surface area (Å²) < 4.78 is 0. The first-order valence-corrected chi connectivity index (χ1v) is 7.20. The summed E-state index contributed by atoms with van der Waals surface area (Å²) in [6.45, 7) is 1.98. The molecule has 0 atom stereocenters. The van der Waals surface area contributed by atoms with Gasteiger partial charge in [0, 0.05) is 5.39 Å². The lowest BCUT2D eigenvalue weighted by molar-refractivity contribution is 0.0699. The third-order valence-electron chi connectivity index (χ3n) is 3.12. The molecule has 0 saturated heterocycles. The van der Waals surface area contributed by atoms with Crippen molar-refractivity contribution in [3.05, 3.63) is 51.9 Å². The molecule has 3 aromatic rings. The van der Waals surface area contributed by atoms with Crippen molar-refractivity contribution < 1.29 is 9.90 Å². The number of aromatic carboxylic acids is 1. The Bertz CT molecular complexity index is 826. The number of thiophene rings is 1. The normalized spacial score (nSPS) is 10.9. The molecule has 2 heterocycles. The van der Waals surface area contributed by atoms with Crippen molar-refractivity contribution in [2.45, 2.75) is 6.92 Å². The molecule has 0 amide bonds. The van der Waals surface area contributed by atoms with Gasteiger partial charge in [-0.1, -0.05) is 23.7 Å². The average molecular weight is 304 g/mol. The number of para-hydroxylation sites is 1. The zero-order valence-electron chi connectivity index (χ0n) is 10.6. The Labute approximate surface area is 124 Å². The molecule has 3 rings (SSSR count). The molecular weight excluding hydrogens is 294 g/mol. The van der Waals surface area contributed by atoms with Crippen LogP contribution in [0, 0.1) is 6.92 Å². The van der Waals surface area contributed by atoms with Crippen LogP contribution in [0.2, 0.25) is 5.02 Å². The summed E-state index contributed by atoms with van der Waals surface area (Å²) in [5.41, 5.74) is 2.47. The van der Waals surface area contributed by atoms with Crippen molar-refractivity contribution in [1.29, 1.82) is 0 Å². The van der Waals surface area contributed by atoms with E-state index in [0.717, 1.165) is 10.4 Å². The number of pyridine rings is 1. The van der Waals surface area contributed by atoms with Crippen LogP contribution in [0.3, 0.4) is 0 Å². The van der Waals surface area contributed by atoms with Gasteiger partial charge in [-0.2, -0.15) is 0 Å². The number of carbonyl (C=O) groups is 1. The van der Waals surface area contributed by atoms with Gasteiger partial charge in [-0.05, 0) is 36.1 Å². The number of aryl methyl sites for hydroxylation is 1. The molecule has 0 aliphatic heterocycles. The summed E-state index contributed by atoms with van der Waals surface area (Å²) in [5, 5.41) is 12.4. The smallest absolute Gasteiger partial charge is 0.336 e. The van der Waals surface area contributed by atoms with Gasteiger partial charge in [0.05, 0.1) is 26.7 Å². The van der Waals surface area contributed by atoms with Crippen LogP contribution in [0.15, 0.2) is 35.7 Å². The zero-order chi connectivity index (χ0) is 14.3. The number of hydrogen-bond acceptors (Lipinski definition) is 3. The molecule has 1 aromatic carbocycles. The molecule has 0 aliphatic carbocycles. The molecule has 5 heteroatoms. The number of benzene rings is 1. The molecule has 0 aliphatic rings. The standard InChI is InChI=1S/C15H10ClNO2S/c1-8-5-6-20-14(8)12-7-10(15(18)19)9-3-2-4-11(16)13(9)17-12/h2-7H,1H3,(H,18,19). The van der Waals surface area contributed by atoms with Gasteiger partial charge in [-0.3, -0.25) is 0 Å². The minimum absolute atomic E-state index is 0.223. The second-order valence-corrected chi connectivity index (χ2v) is 5.75. The lowest BCUT2D eigenvalue weighted by Gasteiger charge is -2.07. The molecule has 0 unspecified atom stereocenters. The maximum atomic E-state index is 11.5. The van der Waals surface area contributed by atoms with Crippen LogP contribution in [-0.4, -0.2) is 16.1 Å². The number of nitrogens with zero attached hydrogens (tertiary/aromatic N) is 1. The van der Waals surface area contributed by atoms with Crippen molar-refractivity contribution in [2.24, 2.45) is 0 Å². The van der Waals surface area contributed by atoms with E-state index in [2.05, 4.69) is 4.98 Å². The highest BCUT2D eigenvalue weighted by Gasteiger charge is 2.15. The summed E-state index contributed by atoms with van der Waals surface area (Å²) in [6.07, 6.45) is 0. The van der Waals surface area contributed by atoms with Crippen molar-refractivity contribution in [1.82, 2.24) is 4.98 Å². The third-order valence-corrected chi connectivity index (χ3v) is 4.46. The van der Waals surface area contributed by atoms with E-state index in [9.17, 15) is 9.90 Å². The van der Waals surface area contributed by atoms with Crippen LogP contribution in [0.5, 0.6) is 0 Å². The number of rotatable bonds is 2. The van der Waals surface area contributed by atoms with Gasteiger partial charge >= 0.3 is 5.97 Å². The molecule has 1 N–H and O–H groups in total. The highest BCUT2D eigenvalue weighted by Crippen LogP contribution is 2.32. The van der Waals surface area contributed by atoms with Crippen LogP contribution in [0.4, 0.5) is 0 Å². The molecule has 0 bridgehead atoms. The molecule has 100 valence electrons. The Morgan fingerprint density at radius 3 is 2.80 bits per heavy atom. The summed E-state index contributed by atoms with van der Waals surface area (Å²) >= 11 is 7.69. The molecule has 0 saturated carbocycles. The Balaban J connectivity index is 2.39. The van der Waals surface area contributed by atoms with E-state index in [0.29, 0.717) is 21.6 Å². The van der Waals surface area contributed by atoms with Gasteiger partial charge in [-0.15, -0.1) is 11.3 Å². The van der Waals surface area contributed by atoms with E-state index in [1.165, 1.54) is 11.3 Å². The Hall–Kier alpha value is -1.91. The maximum absolute atomic E-state index is 11.5. The molecular formula is C15H10ClNO2S. The first-order chi connectivity index (χ1) is 9.58. The predicted octanol–water partition coefficient (Wildman–Crippen LogP) is 4.62. The lowest BCUT2D eigenvalue weighted by Crippen LogP contribution is -2.00. The largest absolute Gasteiger partial charge is 0.478 e. The van der Waals surface area contributed by atoms with E-state index < -0.39 is 5.97 Å². The van der Waals surface area contributed by atoms with Gasteiger partial charge in [0.2, 0.25) is 0 Å². The average Bonchev–Trinajstić information content (AvgIpc) is 2.84. The Morgan fingerprint density at radius 1 is 1.35 bits per heavy atom. The predicted molar refractivity (Wildman–Crippen MR) is 81.8 cm³/mol. The highest BCUT2D eigenvalue weighted by atomic mass is 35.5. The first-order valence-electron chi connectivity index (χ1n) is 5.95. The second-order valence-electron chi connectivity index (χ2n) is 4.43. The molecule has 0 spiro atoms. The second kappa shape index (κ2) is 4.89. The maximum Gasteiger partial charge on any atom is 0.336 e. The van der Waals surface area contributed by atoms with E-state index in [1.807, 2.05) is 18.4 Å². The number of carboxylic acid groups (broad SMARTS) is 1. The fraction of sp³-hybridized carbons (Fsp3) is 0.0667. The monoisotopic (exact) mass is 303 g/mol. The summed E-state index contributed by atoms with van der Waals surface area (Å²) in [5.74, 6) is -0.977. The van der Waals surface area contributed by atoms with Gasteiger partial charge in [0.25, 0.3) is 0 Å². The zero-order valence-corrected chi connectivity index (χ0v) is 12.1. The first kappa shape index (κ1) is 13.1. The fourth-order valence-electron chi connectivity index (χ4n) is 2.14. The Kier molecular flexibility index (Phi) is 3.20. The van der Waals surface area contributed by atoms with Crippen molar-refractivity contribution in [2.75, 3.05) is 0 Å². The number of halogens is 1. The fourth-order valence-corrected chi connectivity index (χ4v) is 3.25. The molecule has 2 aromatic heterocycles. The van der Waals surface area contributed by atoms with E-state index in [1.54, 1.807) is 24.3 Å². The van der Waals surface area contributed by atoms with Crippen LogP contribution in [-0.2, 0) is 0 Å². The molecule has 3 nitrogen and oxygen atoms in total. The molecule has 20 heavy (non-hydrogen) atoms. The number of aromatic nitrogens is 1. The SMILES string of the molecule is Cc1ccsc1-c1cc(C(=O)O)c2cccc(Cl)c2n1. The number of hydrogen-bond donors (Lipinski definition) is 1. The van der Waals surface area contributed by atoms with Crippen molar-refractivity contribution >= 4 is 39.8 Å².